The number of hydrogen-bond acceptors (Lipinski definition) is 2. The molecule has 0 aliphatic rings. The van der Waals surface area contributed by atoms with E-state index < -0.39 is 5.76 Å². The van der Waals surface area contributed by atoms with Crippen molar-refractivity contribution < 1.29 is 4.52 Å². The third kappa shape index (κ3) is 0.137. The van der Waals surface area contributed by atoms with Crippen LogP contribution in [0, 0.1) is 0 Å². The van der Waals surface area contributed by atoms with Gasteiger partial charge in [-0.2, -0.15) is 5.27 Å². The average molecular weight is 74.0 g/mol. The number of rotatable bonds is 0. The molecule has 0 bridgehead atoms. The van der Waals surface area contributed by atoms with Crippen LogP contribution in [0.5, 0.6) is 0 Å². The van der Waals surface area contributed by atoms with E-state index in [4.69, 9.17) is 0 Å². The lowest BCUT2D eigenvalue weighted by atomic mass is 11.4. The molecule has 0 aliphatic heterocycles. The first-order chi connectivity index (χ1) is 2.39. The smallest absolute Gasteiger partial charge is 0.307 e. The third-order valence-corrected chi connectivity index (χ3v) is 0.297. The van der Waals surface area contributed by atoms with Crippen LogP contribution in [0.25, 0.3) is 0 Å². The van der Waals surface area contributed by atoms with Gasteiger partial charge in [-0.1, -0.05) is 0 Å². The molecule has 0 unspecified atom stereocenters. The van der Waals surface area contributed by atoms with E-state index in [9.17, 15) is 4.79 Å². The molecule has 1 heterocycles. The van der Waals surface area contributed by atoms with Crippen molar-refractivity contribution in [1.82, 2.24) is 10.4 Å². The Morgan fingerprint density at radius 2 is 2.20 bits per heavy atom. The van der Waals surface area contributed by atoms with Gasteiger partial charge in [0.2, 0.25) is 0 Å². The lowest BCUT2D eigenvalue weighted by molar-refractivity contribution is 0.245. The Bertz CT molecular complexity index is 122. The van der Waals surface area contributed by atoms with E-state index in [2.05, 4.69) is 14.9 Å². The molecule has 0 radical (unpaired) electrons. The summed E-state index contributed by atoms with van der Waals surface area (Å²) in [5, 5.41) is 4.16. The molecule has 4 nitrogen and oxygen atoms in total. The minimum atomic E-state index is -0.426. The molecule has 0 saturated heterocycles. The Morgan fingerprint density at radius 3 is 2.20 bits per heavy atom. The van der Waals surface area contributed by atoms with Crippen LogP contribution in [-0.4, -0.2) is 10.4 Å². The molecular weight excluding hydrogens is 72.0 g/mol. The van der Waals surface area contributed by atoms with Crippen LogP contribution < -0.4 is 5.76 Å². The normalized spacial score (nSPS) is 8.80. The summed E-state index contributed by atoms with van der Waals surface area (Å²) in [5.41, 5.74) is 0. The quantitative estimate of drug-likeness (QED) is 0.427. The van der Waals surface area contributed by atoms with Gasteiger partial charge in [0, 0.05) is 0 Å². The van der Waals surface area contributed by atoms with Crippen molar-refractivity contribution in [1.29, 1.82) is 0 Å². The summed E-state index contributed by atoms with van der Waals surface area (Å²) in [4.78, 5) is 9.50. The maximum absolute atomic E-state index is 9.50. The van der Waals surface area contributed by atoms with E-state index in [1.807, 2.05) is 0 Å². The summed E-state index contributed by atoms with van der Waals surface area (Å²) in [6, 6.07) is 0. The second kappa shape index (κ2) is 0.512. The van der Waals surface area contributed by atoms with E-state index in [0.717, 1.165) is 0 Å². The van der Waals surface area contributed by atoms with Crippen LogP contribution in [0.4, 0.5) is 0 Å². The fraction of sp³-hybridized carbons (Fsp3) is 0. The first-order valence-electron chi connectivity index (χ1n) is 1.11. The van der Waals surface area contributed by atoms with Crippen molar-refractivity contribution in [3.63, 3.8) is 0 Å². The Morgan fingerprint density at radius 1 is 1.80 bits per heavy atom. The van der Waals surface area contributed by atoms with Gasteiger partial charge in [0.15, 0.2) is 0 Å². The van der Waals surface area contributed by atoms with Crippen molar-refractivity contribution in [2.24, 2.45) is 0 Å². The van der Waals surface area contributed by atoms with Gasteiger partial charge in [-0.05, 0) is 0 Å². The van der Waals surface area contributed by atoms with Gasteiger partial charge in [-0.15, -0.1) is 0 Å². The summed E-state index contributed by atoms with van der Waals surface area (Å²) < 4.78 is 3.93. The maximum Gasteiger partial charge on any atom is 0.453 e. The molecule has 2 N–H and O–H groups in total. The predicted molar refractivity (Wildman–Crippen MR) is 13.7 cm³/mol. The predicted octanol–water partition coefficient (Wildman–Crippen LogP) is -0.704. The highest BCUT2D eigenvalue weighted by Crippen LogP contribution is 1.43. The van der Waals surface area contributed by atoms with Crippen LogP contribution in [0.1, 0.15) is 0 Å². The van der Waals surface area contributed by atoms with E-state index in [0.29, 0.717) is 0 Å². The lowest BCUT2D eigenvalue weighted by Gasteiger charge is -1.78. The highest BCUT2D eigenvalue weighted by molar-refractivity contribution is 4.28. The molecule has 28 valence electrons. The van der Waals surface area contributed by atoms with Gasteiger partial charge < -0.3 is 4.52 Å². The van der Waals surface area contributed by atoms with Crippen molar-refractivity contribution >= 4 is 0 Å². The van der Waals surface area contributed by atoms with Gasteiger partial charge in [0.1, 0.15) is 0 Å². The summed E-state index contributed by atoms with van der Waals surface area (Å²) in [7, 11) is 0. The zero-order chi connectivity index (χ0) is 3.70. The monoisotopic (exact) mass is 74.0 g/mol. The fourth-order valence-electron chi connectivity index (χ4n) is 0.0927. The average Bonchev–Trinajstić information content (AvgIpc) is 1.30. The molecule has 0 amide bonds. The van der Waals surface area contributed by atoms with Gasteiger partial charge in [-0.3, -0.25) is 0 Å². The number of H-pyrrole nitrogens is 2. The molecule has 0 atom stereocenters. The molecule has 0 aliphatic carbocycles. The highest BCUT2D eigenvalue weighted by Gasteiger charge is 1.74. The molecule has 1 rings (SSSR count). The van der Waals surface area contributed by atoms with Crippen molar-refractivity contribution in [2.45, 2.75) is 0 Å². The number of aromatic nitrogens is 2. The van der Waals surface area contributed by atoms with Gasteiger partial charge in [0.25, 0.3) is 0 Å². The highest BCUT2D eigenvalue weighted by atomic mass is 16.5. The second-order valence-electron chi connectivity index (χ2n) is 0.617. The molecule has 0 aromatic carbocycles. The minimum Gasteiger partial charge on any atom is -0.307 e. The largest absolute Gasteiger partial charge is 0.453 e. The molecule has 1 aromatic rings. The van der Waals surface area contributed by atoms with Gasteiger partial charge >= 0.3 is 5.76 Å². The molecular formula is CH2N2O2. The second-order valence-corrected chi connectivity index (χ2v) is 0.617. The first kappa shape index (κ1) is 2.32. The third-order valence-electron chi connectivity index (χ3n) is 0.297. The molecule has 0 saturated carbocycles. The van der Waals surface area contributed by atoms with Gasteiger partial charge in [0.05, 0.1) is 0 Å². The van der Waals surface area contributed by atoms with Crippen LogP contribution >= 0.6 is 0 Å². The minimum absolute atomic E-state index is 0.426. The lowest BCUT2D eigenvalue weighted by Crippen LogP contribution is -2.11. The molecule has 5 heavy (non-hydrogen) atoms. The Labute approximate surface area is 26.7 Å². The fourth-order valence-corrected chi connectivity index (χ4v) is 0.0927. The van der Waals surface area contributed by atoms with E-state index in [1.165, 1.54) is 0 Å². The molecule has 0 fully saturated rings. The van der Waals surface area contributed by atoms with Crippen LogP contribution in [0.2, 0.25) is 0 Å². The summed E-state index contributed by atoms with van der Waals surface area (Å²) in [6.45, 7) is 0. The number of nitrogens with one attached hydrogen (secondary N) is 2. The zero-order valence-electron chi connectivity index (χ0n) is 2.32. The molecule has 0 spiro atoms. The number of hydrogen-bond donors (Lipinski definition) is 2. The summed E-state index contributed by atoms with van der Waals surface area (Å²) in [6.07, 6.45) is 0. The van der Waals surface area contributed by atoms with E-state index >= 15 is 0 Å². The zero-order valence-corrected chi connectivity index (χ0v) is 2.32. The van der Waals surface area contributed by atoms with Crippen LogP contribution in [0.15, 0.2) is 9.32 Å². The Balaban J connectivity index is 3.29. The Hall–Kier alpha value is -0.930. The standard InChI is InChI=1S/CH2N2O2/c4-1-2-3-5-1/h3H,(H,2,4). The van der Waals surface area contributed by atoms with Gasteiger partial charge in [-0.25, -0.2) is 9.89 Å². The molecule has 4 heteroatoms. The maximum atomic E-state index is 9.50. The summed E-state index contributed by atoms with van der Waals surface area (Å²) in [5.74, 6) is -0.426. The van der Waals surface area contributed by atoms with Crippen molar-refractivity contribution in [3.8, 4) is 0 Å². The van der Waals surface area contributed by atoms with Crippen LogP contribution in [-0.2, 0) is 0 Å². The topological polar surface area (TPSA) is 61.8 Å². The van der Waals surface area contributed by atoms with Crippen molar-refractivity contribution in [2.75, 3.05) is 0 Å². The number of aromatic amines is 2. The summed E-state index contributed by atoms with van der Waals surface area (Å²) >= 11 is 0. The Kier molecular flexibility index (Phi) is 0.237. The van der Waals surface area contributed by atoms with Crippen LogP contribution in [0.3, 0.4) is 0 Å². The van der Waals surface area contributed by atoms with E-state index in [-0.39, 0.29) is 0 Å². The SMILES string of the molecule is O=c1[nH][nH]o1. The molecule has 1 aromatic heterocycles. The van der Waals surface area contributed by atoms with Crippen molar-refractivity contribution in [3.05, 3.63) is 10.6 Å². The first-order valence-corrected chi connectivity index (χ1v) is 1.11. The van der Waals surface area contributed by atoms with E-state index in [1.54, 1.807) is 0 Å².